The first-order chi connectivity index (χ1) is 8.93. The topological polar surface area (TPSA) is 75.6 Å². The molecule has 0 radical (unpaired) electrons. The Morgan fingerprint density at radius 3 is 2.42 bits per heavy atom. The van der Waals surface area contributed by atoms with Crippen LogP contribution < -0.4 is 5.32 Å². The summed E-state index contributed by atoms with van der Waals surface area (Å²) in [6.07, 6.45) is -1.08. The molecule has 1 aromatic carbocycles. The van der Waals surface area contributed by atoms with E-state index in [0.717, 1.165) is 0 Å². The van der Waals surface area contributed by atoms with E-state index in [2.05, 4.69) is 10.1 Å². The number of benzene rings is 1. The summed E-state index contributed by atoms with van der Waals surface area (Å²) in [6, 6.07) is 4.33. The van der Waals surface area contributed by atoms with Crippen LogP contribution in [-0.2, 0) is 20.7 Å². The maximum absolute atomic E-state index is 12.7. The predicted molar refractivity (Wildman–Crippen MR) is 65.7 cm³/mol. The number of aliphatic hydroxyl groups excluding tert-OH is 1. The fraction of sp³-hybridized carbons (Fsp3) is 0.385. The highest BCUT2D eigenvalue weighted by molar-refractivity contribution is 5.86. The number of rotatable bonds is 5. The van der Waals surface area contributed by atoms with Gasteiger partial charge < -0.3 is 15.2 Å². The summed E-state index contributed by atoms with van der Waals surface area (Å²) in [5.74, 6) is -1.56. The first-order valence-corrected chi connectivity index (χ1v) is 5.73. The first kappa shape index (κ1) is 15.1. The van der Waals surface area contributed by atoms with Gasteiger partial charge in [-0.3, -0.25) is 4.79 Å². The lowest BCUT2D eigenvalue weighted by Crippen LogP contribution is -2.48. The van der Waals surface area contributed by atoms with Gasteiger partial charge in [-0.05, 0) is 24.6 Å². The molecule has 0 saturated heterocycles. The highest BCUT2D eigenvalue weighted by Crippen LogP contribution is 2.04. The van der Waals surface area contributed by atoms with E-state index in [1.54, 1.807) is 0 Å². The molecule has 2 atom stereocenters. The second kappa shape index (κ2) is 6.84. The molecular formula is C13H16FNO4. The van der Waals surface area contributed by atoms with E-state index in [0.29, 0.717) is 5.56 Å². The van der Waals surface area contributed by atoms with Crippen molar-refractivity contribution in [3.63, 3.8) is 0 Å². The number of hydrogen-bond donors (Lipinski definition) is 2. The van der Waals surface area contributed by atoms with Crippen molar-refractivity contribution in [2.45, 2.75) is 25.5 Å². The van der Waals surface area contributed by atoms with Crippen molar-refractivity contribution in [2.24, 2.45) is 0 Å². The molecule has 5 nitrogen and oxygen atoms in total. The van der Waals surface area contributed by atoms with Crippen LogP contribution in [0.1, 0.15) is 12.5 Å². The summed E-state index contributed by atoms with van der Waals surface area (Å²) in [7, 11) is 1.17. The number of carbonyl (C=O) groups excluding carboxylic acids is 2. The Hall–Kier alpha value is -1.95. The number of methoxy groups -OCH3 is 1. The Labute approximate surface area is 110 Å². The fourth-order valence-corrected chi connectivity index (χ4v) is 1.52. The van der Waals surface area contributed by atoms with Gasteiger partial charge in [0.25, 0.3) is 0 Å². The van der Waals surface area contributed by atoms with Crippen LogP contribution >= 0.6 is 0 Å². The lowest BCUT2D eigenvalue weighted by atomic mass is 10.1. The molecule has 0 unspecified atom stereocenters. The minimum absolute atomic E-state index is 0.0134. The normalized spacial score (nSPS) is 13.5. The summed E-state index contributed by atoms with van der Waals surface area (Å²) < 4.78 is 17.2. The number of ether oxygens (including phenoxy) is 1. The zero-order valence-corrected chi connectivity index (χ0v) is 10.7. The largest absolute Gasteiger partial charge is 0.467 e. The van der Waals surface area contributed by atoms with E-state index >= 15 is 0 Å². The molecule has 1 aromatic rings. The zero-order valence-electron chi connectivity index (χ0n) is 10.7. The Bertz CT molecular complexity index is 444. The van der Waals surface area contributed by atoms with Crippen molar-refractivity contribution in [1.82, 2.24) is 5.32 Å². The molecule has 1 rings (SSSR count). The van der Waals surface area contributed by atoms with Crippen LogP contribution in [0.2, 0.25) is 0 Å². The summed E-state index contributed by atoms with van der Waals surface area (Å²) in [5.41, 5.74) is 0.605. The van der Waals surface area contributed by atoms with Crippen molar-refractivity contribution < 1.29 is 23.8 Å². The number of aliphatic hydroxyl groups is 1. The highest BCUT2D eigenvalue weighted by atomic mass is 19.1. The van der Waals surface area contributed by atoms with Crippen molar-refractivity contribution in [2.75, 3.05) is 7.11 Å². The third-order valence-electron chi connectivity index (χ3n) is 2.53. The average molecular weight is 269 g/mol. The van der Waals surface area contributed by atoms with Crippen molar-refractivity contribution in [1.29, 1.82) is 0 Å². The zero-order chi connectivity index (χ0) is 14.4. The van der Waals surface area contributed by atoms with Gasteiger partial charge in [0.1, 0.15) is 5.82 Å². The smallest absolute Gasteiger partial charge is 0.331 e. The highest BCUT2D eigenvalue weighted by Gasteiger charge is 2.26. The molecule has 0 bridgehead atoms. The molecule has 2 N–H and O–H groups in total. The van der Waals surface area contributed by atoms with Gasteiger partial charge in [0.05, 0.1) is 19.6 Å². The van der Waals surface area contributed by atoms with Gasteiger partial charge in [-0.1, -0.05) is 12.1 Å². The lowest BCUT2D eigenvalue weighted by Gasteiger charge is -2.18. The monoisotopic (exact) mass is 269 g/mol. The van der Waals surface area contributed by atoms with Crippen molar-refractivity contribution in [3.8, 4) is 0 Å². The van der Waals surface area contributed by atoms with Gasteiger partial charge in [-0.2, -0.15) is 0 Å². The molecule has 1 amide bonds. The second-order valence-electron chi connectivity index (χ2n) is 4.11. The van der Waals surface area contributed by atoms with Gasteiger partial charge in [-0.25, -0.2) is 9.18 Å². The van der Waals surface area contributed by atoms with Crippen LogP contribution in [0.3, 0.4) is 0 Å². The van der Waals surface area contributed by atoms with E-state index in [1.165, 1.54) is 38.3 Å². The van der Waals surface area contributed by atoms with Gasteiger partial charge in [0.2, 0.25) is 5.91 Å². The maximum Gasteiger partial charge on any atom is 0.331 e. The Kier molecular flexibility index (Phi) is 5.44. The average Bonchev–Trinajstić information content (AvgIpc) is 2.37. The number of nitrogens with one attached hydrogen (secondary N) is 1. The molecule has 0 spiro atoms. The van der Waals surface area contributed by atoms with E-state index in [1.807, 2.05) is 0 Å². The standard InChI is InChI=1S/C13H16FNO4/c1-8(16)12(13(18)19-2)15-11(17)7-9-3-5-10(14)6-4-9/h3-6,8,12,16H,7H2,1-2H3,(H,15,17)/t8-,12+/m0/s1. The van der Waals surface area contributed by atoms with Crippen LogP contribution in [0.25, 0.3) is 0 Å². The molecule has 0 aliphatic carbocycles. The van der Waals surface area contributed by atoms with E-state index in [4.69, 9.17) is 0 Å². The van der Waals surface area contributed by atoms with Crippen LogP contribution in [-0.4, -0.2) is 36.2 Å². The molecule has 6 heteroatoms. The summed E-state index contributed by atoms with van der Waals surface area (Å²) in [5, 5.41) is 11.8. The third-order valence-corrected chi connectivity index (χ3v) is 2.53. The quantitative estimate of drug-likeness (QED) is 0.759. The van der Waals surface area contributed by atoms with Gasteiger partial charge in [0, 0.05) is 0 Å². The van der Waals surface area contributed by atoms with E-state index in [9.17, 15) is 19.1 Å². The molecule has 0 fully saturated rings. The van der Waals surface area contributed by atoms with E-state index < -0.39 is 24.0 Å². The van der Waals surface area contributed by atoms with Crippen LogP contribution in [0.4, 0.5) is 4.39 Å². The van der Waals surface area contributed by atoms with Gasteiger partial charge in [0.15, 0.2) is 6.04 Å². The number of halogens is 1. The Morgan fingerprint density at radius 1 is 1.37 bits per heavy atom. The predicted octanol–water partition coefficient (Wildman–Crippen LogP) is 0.407. The SMILES string of the molecule is COC(=O)[C@H](NC(=O)Cc1ccc(F)cc1)[C@H](C)O. The molecule has 104 valence electrons. The number of carbonyl (C=O) groups is 2. The van der Waals surface area contributed by atoms with Crippen molar-refractivity contribution >= 4 is 11.9 Å². The first-order valence-electron chi connectivity index (χ1n) is 5.73. The molecule has 0 aliphatic heterocycles. The van der Waals surface area contributed by atoms with Crippen molar-refractivity contribution in [3.05, 3.63) is 35.6 Å². The van der Waals surface area contributed by atoms with Gasteiger partial charge in [-0.15, -0.1) is 0 Å². The number of esters is 1. The minimum atomic E-state index is -1.11. The summed E-state index contributed by atoms with van der Waals surface area (Å²) in [4.78, 5) is 23.0. The summed E-state index contributed by atoms with van der Waals surface area (Å²) in [6.45, 7) is 1.37. The molecular weight excluding hydrogens is 253 g/mol. The number of hydrogen-bond acceptors (Lipinski definition) is 4. The maximum atomic E-state index is 12.7. The lowest BCUT2D eigenvalue weighted by molar-refractivity contribution is -0.148. The summed E-state index contributed by atoms with van der Waals surface area (Å²) >= 11 is 0. The molecule has 0 heterocycles. The van der Waals surface area contributed by atoms with Crippen LogP contribution in [0.15, 0.2) is 24.3 Å². The number of amides is 1. The van der Waals surface area contributed by atoms with Crippen LogP contribution in [0, 0.1) is 5.82 Å². The van der Waals surface area contributed by atoms with Gasteiger partial charge >= 0.3 is 5.97 Å². The van der Waals surface area contributed by atoms with Crippen LogP contribution in [0.5, 0.6) is 0 Å². The molecule has 19 heavy (non-hydrogen) atoms. The molecule has 0 saturated carbocycles. The minimum Gasteiger partial charge on any atom is -0.467 e. The molecule has 0 aromatic heterocycles. The Morgan fingerprint density at radius 2 is 1.95 bits per heavy atom. The molecule has 0 aliphatic rings. The Balaban J connectivity index is 2.62. The third kappa shape index (κ3) is 4.67. The fourth-order valence-electron chi connectivity index (χ4n) is 1.52. The van der Waals surface area contributed by atoms with E-state index in [-0.39, 0.29) is 12.2 Å². The second-order valence-corrected chi connectivity index (χ2v) is 4.11.